The van der Waals surface area contributed by atoms with Gasteiger partial charge in [0.1, 0.15) is 0 Å². The molecule has 1 aromatic carbocycles. The Kier molecular flexibility index (Phi) is 6.31. The Morgan fingerprint density at radius 3 is 0.868 bits per heavy atom. The highest BCUT2D eigenvalue weighted by Gasteiger charge is 2.13. The summed E-state index contributed by atoms with van der Waals surface area (Å²) in [6.45, 7) is 0. The molecule has 0 fully saturated rings. The molecule has 6 heterocycles. The Bertz CT molecular complexity index is 1540. The molecule has 7 rings (SSSR count). The number of aromatic nitrogens is 2. The fourth-order valence-corrected chi connectivity index (χ4v) is 7.20. The maximum atomic E-state index is 4.99. The molecule has 6 heteroatoms. The molecule has 0 bridgehead atoms. The van der Waals surface area contributed by atoms with Gasteiger partial charge < -0.3 is 0 Å². The summed E-state index contributed by atoms with van der Waals surface area (Å²) in [6, 6.07) is 34.6. The van der Waals surface area contributed by atoms with Crippen LogP contribution >= 0.6 is 45.3 Å². The molecule has 0 aliphatic rings. The van der Waals surface area contributed by atoms with E-state index in [0.717, 1.165) is 22.8 Å². The summed E-state index contributed by atoms with van der Waals surface area (Å²) in [4.78, 5) is 14.7. The number of benzene rings is 1. The predicted octanol–water partition coefficient (Wildman–Crippen LogP) is 10.7. The first-order valence-corrected chi connectivity index (χ1v) is 15.6. The van der Waals surface area contributed by atoms with E-state index in [1.807, 2.05) is 0 Å². The Morgan fingerprint density at radius 2 is 0.632 bits per heavy atom. The van der Waals surface area contributed by atoms with Crippen LogP contribution in [0, 0.1) is 0 Å². The van der Waals surface area contributed by atoms with E-state index in [2.05, 4.69) is 119 Å². The molecule has 0 amide bonds. The second-order valence-electron chi connectivity index (χ2n) is 8.74. The van der Waals surface area contributed by atoms with Crippen LogP contribution in [0.15, 0.2) is 119 Å². The van der Waals surface area contributed by atoms with Gasteiger partial charge in [0, 0.05) is 0 Å². The Hall–Kier alpha value is -3.68. The predicted molar refractivity (Wildman–Crippen MR) is 166 cm³/mol. The second-order valence-corrected chi connectivity index (χ2v) is 12.5. The SMILES string of the molecule is c1csc(-c2cc(-c3ccc(-c4cc(-c5cccs5)nc(-c5cccs5)c4)cc3)cc(-c3cccs3)n2)c1. The van der Waals surface area contributed by atoms with Gasteiger partial charge in [-0.1, -0.05) is 48.5 Å². The molecule has 0 spiro atoms. The van der Waals surface area contributed by atoms with Crippen LogP contribution in [0.5, 0.6) is 0 Å². The van der Waals surface area contributed by atoms with Crippen molar-refractivity contribution < 1.29 is 0 Å². The van der Waals surface area contributed by atoms with Gasteiger partial charge in [-0.15, -0.1) is 45.3 Å². The van der Waals surface area contributed by atoms with Crippen LogP contribution in [-0.4, -0.2) is 9.97 Å². The van der Waals surface area contributed by atoms with Gasteiger partial charge in [0.05, 0.1) is 42.3 Å². The summed E-state index contributed by atoms with van der Waals surface area (Å²) < 4.78 is 0. The van der Waals surface area contributed by atoms with Crippen molar-refractivity contribution in [3.05, 3.63) is 119 Å². The zero-order chi connectivity index (χ0) is 25.3. The third-order valence-electron chi connectivity index (χ3n) is 6.30. The number of rotatable bonds is 6. The monoisotopic (exact) mass is 560 g/mol. The number of nitrogens with zero attached hydrogens (tertiary/aromatic N) is 2. The molecule has 0 N–H and O–H groups in total. The molecule has 182 valence electrons. The van der Waals surface area contributed by atoms with E-state index >= 15 is 0 Å². The molecule has 0 saturated carbocycles. The highest BCUT2D eigenvalue weighted by atomic mass is 32.1. The molecule has 38 heavy (non-hydrogen) atoms. The fourth-order valence-electron chi connectivity index (χ4n) is 4.45. The van der Waals surface area contributed by atoms with E-state index in [4.69, 9.17) is 9.97 Å². The van der Waals surface area contributed by atoms with Gasteiger partial charge in [-0.2, -0.15) is 0 Å². The third-order valence-corrected chi connectivity index (χ3v) is 9.87. The number of pyridine rings is 2. The molecule has 2 nitrogen and oxygen atoms in total. The van der Waals surface area contributed by atoms with Crippen LogP contribution in [-0.2, 0) is 0 Å². The van der Waals surface area contributed by atoms with Crippen LogP contribution < -0.4 is 0 Å². The lowest BCUT2D eigenvalue weighted by Gasteiger charge is -2.11. The van der Waals surface area contributed by atoms with E-state index in [0.29, 0.717) is 0 Å². The van der Waals surface area contributed by atoms with Crippen molar-refractivity contribution in [1.29, 1.82) is 0 Å². The third kappa shape index (κ3) is 4.68. The van der Waals surface area contributed by atoms with Crippen molar-refractivity contribution in [2.75, 3.05) is 0 Å². The van der Waals surface area contributed by atoms with Crippen LogP contribution in [0.2, 0.25) is 0 Å². The van der Waals surface area contributed by atoms with Crippen LogP contribution in [0.1, 0.15) is 0 Å². The van der Waals surface area contributed by atoms with Gasteiger partial charge in [-0.3, -0.25) is 0 Å². The Labute approximate surface area is 237 Å². The molecule has 6 aromatic heterocycles. The number of hydrogen-bond donors (Lipinski definition) is 0. The molecule has 0 radical (unpaired) electrons. The second kappa shape index (κ2) is 10.2. The van der Waals surface area contributed by atoms with E-state index < -0.39 is 0 Å². The minimum atomic E-state index is 1.01. The number of hydrogen-bond acceptors (Lipinski definition) is 6. The topological polar surface area (TPSA) is 25.8 Å². The van der Waals surface area contributed by atoms with Crippen molar-refractivity contribution in [3.8, 4) is 64.5 Å². The van der Waals surface area contributed by atoms with E-state index in [9.17, 15) is 0 Å². The zero-order valence-electron chi connectivity index (χ0n) is 20.1. The van der Waals surface area contributed by atoms with Crippen LogP contribution in [0.25, 0.3) is 64.5 Å². The molecule has 0 aliphatic heterocycles. The van der Waals surface area contributed by atoms with Gasteiger partial charge in [0.2, 0.25) is 0 Å². The lowest BCUT2D eigenvalue weighted by Crippen LogP contribution is -1.90. The van der Waals surface area contributed by atoms with Crippen LogP contribution in [0.3, 0.4) is 0 Å². The van der Waals surface area contributed by atoms with E-state index in [1.54, 1.807) is 45.3 Å². The summed E-state index contributed by atoms with van der Waals surface area (Å²) in [5, 5.41) is 8.42. The average Bonchev–Trinajstić information content (AvgIpc) is 3.81. The standard InChI is InChI=1S/C32H20N2S4/c1-5-29(35-13-1)25-17-23(18-26(33-25)30-6-2-14-36-30)21-9-11-22(12-10-21)24-19-27(31-7-3-15-37-31)34-28(20-24)32-8-4-16-38-32/h1-20H. The van der Waals surface area contributed by atoms with Crippen molar-refractivity contribution in [3.63, 3.8) is 0 Å². The lowest BCUT2D eigenvalue weighted by atomic mass is 9.98. The maximum absolute atomic E-state index is 4.99. The summed E-state index contributed by atoms with van der Waals surface area (Å²) in [5.74, 6) is 0. The highest BCUT2D eigenvalue weighted by Crippen LogP contribution is 2.36. The summed E-state index contributed by atoms with van der Waals surface area (Å²) in [7, 11) is 0. The van der Waals surface area contributed by atoms with Gasteiger partial charge in [0.25, 0.3) is 0 Å². The van der Waals surface area contributed by atoms with Crippen molar-refractivity contribution >= 4 is 45.3 Å². The minimum absolute atomic E-state index is 1.01. The van der Waals surface area contributed by atoms with Gasteiger partial charge in [0.15, 0.2) is 0 Å². The van der Waals surface area contributed by atoms with Crippen molar-refractivity contribution in [2.45, 2.75) is 0 Å². The van der Waals surface area contributed by atoms with E-state index in [1.165, 1.54) is 41.8 Å². The fraction of sp³-hybridized carbons (Fsp3) is 0. The quantitative estimate of drug-likeness (QED) is 0.202. The average molecular weight is 561 g/mol. The first-order valence-electron chi connectivity index (χ1n) is 12.1. The lowest BCUT2D eigenvalue weighted by molar-refractivity contribution is 1.34. The van der Waals surface area contributed by atoms with Gasteiger partial charge in [-0.25, -0.2) is 9.97 Å². The number of thiophene rings is 4. The summed E-state index contributed by atoms with van der Waals surface area (Å²) in [5.41, 5.74) is 8.76. The maximum Gasteiger partial charge on any atom is 0.0815 e. The van der Waals surface area contributed by atoms with Crippen LogP contribution in [0.4, 0.5) is 0 Å². The highest BCUT2D eigenvalue weighted by molar-refractivity contribution is 7.14. The Morgan fingerprint density at radius 1 is 0.342 bits per heavy atom. The first-order chi connectivity index (χ1) is 18.8. The molecule has 0 saturated heterocycles. The summed E-state index contributed by atoms with van der Waals surface area (Å²) in [6.07, 6.45) is 0. The molecule has 0 aliphatic carbocycles. The molecule has 7 aromatic rings. The molecule has 0 atom stereocenters. The Balaban J connectivity index is 1.30. The van der Waals surface area contributed by atoms with Gasteiger partial charge in [-0.05, 0) is 92.3 Å². The van der Waals surface area contributed by atoms with Gasteiger partial charge >= 0.3 is 0 Å². The first kappa shape index (κ1) is 23.4. The van der Waals surface area contributed by atoms with E-state index in [-0.39, 0.29) is 0 Å². The van der Waals surface area contributed by atoms with Crippen molar-refractivity contribution in [1.82, 2.24) is 9.97 Å². The molecule has 0 unspecified atom stereocenters. The minimum Gasteiger partial charge on any atom is -0.246 e. The van der Waals surface area contributed by atoms with Crippen molar-refractivity contribution in [2.24, 2.45) is 0 Å². The molecular weight excluding hydrogens is 541 g/mol. The zero-order valence-corrected chi connectivity index (χ0v) is 23.3. The normalized spacial score (nSPS) is 11.2. The largest absolute Gasteiger partial charge is 0.246 e. The smallest absolute Gasteiger partial charge is 0.0815 e. The summed E-state index contributed by atoms with van der Waals surface area (Å²) >= 11 is 6.89. The molecular formula is C32H20N2S4.